The molecular formula is C21H25N7OS. The summed E-state index contributed by atoms with van der Waals surface area (Å²) in [5, 5.41) is 16.7. The second-order valence-corrected chi connectivity index (χ2v) is 9.04. The average molecular weight is 424 g/mol. The van der Waals surface area contributed by atoms with Crippen molar-refractivity contribution in [1.82, 2.24) is 35.1 Å². The van der Waals surface area contributed by atoms with Crippen LogP contribution >= 0.6 is 11.3 Å². The van der Waals surface area contributed by atoms with Gasteiger partial charge < -0.3 is 10.1 Å². The standard InChI is InChI=1S/C21H25N7OS/c1-11(2)17-18(12-7-15(29-4)20-23-10-24-28(20)9-12)26-27-19(17)21-25-14-6-5-13(22-3)8-16(14)30-21/h7,9-11,13,22H,5-6,8H2,1-4H3,(H,26,27). The third kappa shape index (κ3) is 3.09. The van der Waals surface area contributed by atoms with Crippen LogP contribution in [0.25, 0.3) is 27.6 Å². The minimum absolute atomic E-state index is 0.275. The summed E-state index contributed by atoms with van der Waals surface area (Å²) in [5.41, 5.74) is 5.93. The fourth-order valence-corrected chi connectivity index (χ4v) is 5.40. The van der Waals surface area contributed by atoms with Crippen LogP contribution in [-0.2, 0) is 12.8 Å². The fourth-order valence-electron chi connectivity index (χ4n) is 4.20. The van der Waals surface area contributed by atoms with Crippen molar-refractivity contribution in [1.29, 1.82) is 0 Å². The summed E-state index contributed by atoms with van der Waals surface area (Å²) >= 11 is 1.78. The number of aryl methyl sites for hydroxylation is 1. The quantitative estimate of drug-likeness (QED) is 0.511. The Morgan fingerprint density at radius 1 is 1.37 bits per heavy atom. The molecule has 4 aromatic rings. The first-order valence-electron chi connectivity index (χ1n) is 10.2. The van der Waals surface area contributed by atoms with E-state index in [1.54, 1.807) is 23.0 Å². The van der Waals surface area contributed by atoms with Crippen molar-refractivity contribution in [3.05, 3.63) is 34.7 Å². The number of fused-ring (bicyclic) bond motifs is 2. The zero-order valence-electron chi connectivity index (χ0n) is 17.6. The second kappa shape index (κ2) is 7.48. The first kappa shape index (κ1) is 19.2. The van der Waals surface area contributed by atoms with Crippen LogP contribution in [0.3, 0.4) is 0 Å². The number of aromatic nitrogens is 6. The molecule has 5 rings (SSSR count). The number of nitrogens with one attached hydrogen (secondary N) is 2. The predicted octanol–water partition coefficient (Wildman–Crippen LogP) is 3.45. The molecule has 0 aromatic carbocycles. The first-order chi connectivity index (χ1) is 14.6. The Morgan fingerprint density at radius 2 is 2.23 bits per heavy atom. The number of pyridine rings is 1. The van der Waals surface area contributed by atoms with Crippen molar-refractivity contribution in [2.75, 3.05) is 14.2 Å². The highest BCUT2D eigenvalue weighted by atomic mass is 32.1. The van der Waals surface area contributed by atoms with Crippen LogP contribution in [0.4, 0.5) is 0 Å². The number of likely N-dealkylation sites (N-methyl/N-ethyl adjacent to an activating group) is 1. The van der Waals surface area contributed by atoms with Gasteiger partial charge in [0.05, 0.1) is 24.2 Å². The zero-order valence-corrected chi connectivity index (χ0v) is 18.4. The first-order valence-corrected chi connectivity index (χ1v) is 11.0. The number of ether oxygens (including phenoxy) is 1. The molecule has 9 heteroatoms. The molecule has 1 aliphatic rings. The summed E-state index contributed by atoms with van der Waals surface area (Å²) in [6, 6.07) is 2.51. The fraction of sp³-hybridized carbons (Fsp3) is 0.429. The number of hydrogen-bond acceptors (Lipinski definition) is 7. The average Bonchev–Trinajstić information content (AvgIpc) is 3.48. The number of nitrogens with zero attached hydrogens (tertiary/aromatic N) is 5. The summed E-state index contributed by atoms with van der Waals surface area (Å²) in [6.45, 7) is 4.38. The molecule has 2 N–H and O–H groups in total. The van der Waals surface area contributed by atoms with Gasteiger partial charge in [-0.15, -0.1) is 11.3 Å². The zero-order chi connectivity index (χ0) is 20.8. The van der Waals surface area contributed by atoms with E-state index in [0.29, 0.717) is 17.4 Å². The van der Waals surface area contributed by atoms with E-state index in [0.717, 1.165) is 46.8 Å². The Hall–Kier alpha value is -2.78. The molecule has 0 fully saturated rings. The summed E-state index contributed by atoms with van der Waals surface area (Å²) in [5.74, 6) is 0.948. The van der Waals surface area contributed by atoms with Crippen molar-refractivity contribution in [2.24, 2.45) is 0 Å². The molecule has 156 valence electrons. The number of thiazole rings is 1. The highest BCUT2D eigenvalue weighted by Gasteiger charge is 2.26. The van der Waals surface area contributed by atoms with Crippen LogP contribution in [0, 0.1) is 0 Å². The van der Waals surface area contributed by atoms with Crippen molar-refractivity contribution in [3.63, 3.8) is 0 Å². The van der Waals surface area contributed by atoms with E-state index in [1.165, 1.54) is 16.9 Å². The Morgan fingerprint density at radius 3 is 3.00 bits per heavy atom. The highest BCUT2D eigenvalue weighted by molar-refractivity contribution is 7.15. The second-order valence-electron chi connectivity index (χ2n) is 7.96. The molecule has 0 aliphatic heterocycles. The maximum Gasteiger partial charge on any atom is 0.197 e. The molecule has 1 unspecified atom stereocenters. The third-order valence-corrected chi connectivity index (χ3v) is 6.92. The number of aromatic amines is 1. The van der Waals surface area contributed by atoms with Gasteiger partial charge in [-0.25, -0.2) is 14.5 Å². The van der Waals surface area contributed by atoms with Gasteiger partial charge in [-0.1, -0.05) is 13.8 Å². The summed E-state index contributed by atoms with van der Waals surface area (Å²) in [6.07, 6.45) is 6.67. The number of hydrogen-bond donors (Lipinski definition) is 2. The van der Waals surface area contributed by atoms with Crippen LogP contribution in [-0.4, -0.2) is 50.0 Å². The predicted molar refractivity (Wildman–Crippen MR) is 117 cm³/mol. The minimum Gasteiger partial charge on any atom is -0.493 e. The van der Waals surface area contributed by atoms with E-state index in [9.17, 15) is 0 Å². The lowest BCUT2D eigenvalue weighted by molar-refractivity contribution is 0.416. The van der Waals surface area contributed by atoms with Crippen LogP contribution in [0.2, 0.25) is 0 Å². The third-order valence-electron chi connectivity index (χ3n) is 5.78. The van der Waals surface area contributed by atoms with Gasteiger partial charge >= 0.3 is 0 Å². The summed E-state index contributed by atoms with van der Waals surface area (Å²) < 4.78 is 7.27. The lowest BCUT2D eigenvalue weighted by Gasteiger charge is -2.19. The van der Waals surface area contributed by atoms with Gasteiger partial charge in [0.1, 0.15) is 11.3 Å². The molecule has 0 spiro atoms. The van der Waals surface area contributed by atoms with E-state index in [2.05, 4.69) is 34.3 Å². The Bertz CT molecular complexity index is 1210. The molecule has 8 nitrogen and oxygen atoms in total. The normalized spacial score (nSPS) is 16.4. The number of rotatable bonds is 5. The molecule has 0 radical (unpaired) electrons. The topological polar surface area (TPSA) is 93.0 Å². The molecular weight excluding hydrogens is 398 g/mol. The summed E-state index contributed by atoms with van der Waals surface area (Å²) in [4.78, 5) is 10.6. The maximum atomic E-state index is 5.54. The van der Waals surface area contributed by atoms with Gasteiger partial charge in [0.2, 0.25) is 0 Å². The van der Waals surface area contributed by atoms with Crippen molar-refractivity contribution < 1.29 is 4.74 Å². The molecule has 1 aliphatic carbocycles. The lowest BCUT2D eigenvalue weighted by atomic mass is 9.97. The molecule has 30 heavy (non-hydrogen) atoms. The highest BCUT2D eigenvalue weighted by Crippen LogP contribution is 2.40. The number of methoxy groups -OCH3 is 1. The van der Waals surface area contributed by atoms with E-state index >= 15 is 0 Å². The van der Waals surface area contributed by atoms with Gasteiger partial charge in [0, 0.05) is 28.2 Å². The van der Waals surface area contributed by atoms with Gasteiger partial charge in [0.25, 0.3) is 0 Å². The molecule has 4 heterocycles. The summed E-state index contributed by atoms with van der Waals surface area (Å²) in [7, 11) is 3.68. The van der Waals surface area contributed by atoms with Crippen LogP contribution in [0.1, 0.15) is 42.3 Å². The molecule has 0 amide bonds. The van der Waals surface area contributed by atoms with Gasteiger partial charge in [-0.3, -0.25) is 5.10 Å². The van der Waals surface area contributed by atoms with Crippen molar-refractivity contribution >= 4 is 17.0 Å². The molecule has 0 bridgehead atoms. The van der Waals surface area contributed by atoms with E-state index in [4.69, 9.17) is 14.8 Å². The molecule has 1 atom stereocenters. The van der Waals surface area contributed by atoms with Crippen molar-refractivity contribution in [2.45, 2.75) is 45.1 Å². The van der Waals surface area contributed by atoms with E-state index in [1.807, 2.05) is 19.3 Å². The lowest BCUT2D eigenvalue weighted by Crippen LogP contribution is -2.30. The van der Waals surface area contributed by atoms with E-state index < -0.39 is 0 Å². The monoisotopic (exact) mass is 423 g/mol. The Balaban J connectivity index is 1.61. The molecule has 0 saturated carbocycles. The Kier molecular flexibility index (Phi) is 4.79. The van der Waals surface area contributed by atoms with Gasteiger partial charge in [0.15, 0.2) is 11.4 Å². The molecule has 4 aromatic heterocycles. The van der Waals surface area contributed by atoms with Crippen LogP contribution in [0.15, 0.2) is 18.6 Å². The van der Waals surface area contributed by atoms with E-state index in [-0.39, 0.29) is 5.92 Å². The minimum atomic E-state index is 0.275. The van der Waals surface area contributed by atoms with Crippen molar-refractivity contribution in [3.8, 4) is 27.7 Å². The SMILES string of the molecule is CNC1CCc2nc(-c3[nH]nc(-c4cc(OC)c5ncnn5c4)c3C(C)C)sc2C1. The van der Waals surface area contributed by atoms with Crippen LogP contribution < -0.4 is 10.1 Å². The largest absolute Gasteiger partial charge is 0.493 e. The van der Waals surface area contributed by atoms with Gasteiger partial charge in [-0.2, -0.15) is 10.2 Å². The smallest absolute Gasteiger partial charge is 0.197 e. The number of H-pyrrole nitrogens is 1. The Labute approximate surface area is 178 Å². The van der Waals surface area contributed by atoms with Crippen LogP contribution in [0.5, 0.6) is 5.75 Å². The molecule has 0 saturated heterocycles. The maximum absolute atomic E-state index is 5.54. The van der Waals surface area contributed by atoms with Gasteiger partial charge in [-0.05, 0) is 38.3 Å².